The maximum atomic E-state index is 6.16. The summed E-state index contributed by atoms with van der Waals surface area (Å²) in [6.45, 7) is 6.84. The highest BCUT2D eigenvalue weighted by atomic mass is 79.9. The number of benzene rings is 3. The van der Waals surface area contributed by atoms with Gasteiger partial charge < -0.3 is 19.8 Å². The van der Waals surface area contributed by atoms with Crippen LogP contribution in [0.3, 0.4) is 0 Å². The molecule has 0 saturated heterocycles. The number of H-pyrrole nitrogens is 1. The molecular formula is C27H30BrN3O2. The van der Waals surface area contributed by atoms with Crippen LogP contribution in [0.5, 0.6) is 11.5 Å². The van der Waals surface area contributed by atoms with Crippen LogP contribution in [0.25, 0.3) is 11.0 Å². The third kappa shape index (κ3) is 6.15. The van der Waals surface area contributed by atoms with Crippen molar-refractivity contribution >= 4 is 27.0 Å². The van der Waals surface area contributed by atoms with Crippen LogP contribution < -0.4 is 14.8 Å². The van der Waals surface area contributed by atoms with Gasteiger partial charge in [-0.3, -0.25) is 0 Å². The lowest BCUT2D eigenvalue weighted by Crippen LogP contribution is -2.16. The quantitative estimate of drug-likeness (QED) is 0.232. The zero-order chi connectivity index (χ0) is 23.0. The summed E-state index contributed by atoms with van der Waals surface area (Å²) in [5.74, 6) is 2.54. The van der Waals surface area contributed by atoms with Crippen LogP contribution in [-0.4, -0.2) is 23.1 Å². The molecule has 0 bridgehead atoms. The van der Waals surface area contributed by atoms with Gasteiger partial charge in [-0.1, -0.05) is 36.4 Å². The van der Waals surface area contributed by atoms with Crippen molar-refractivity contribution in [1.82, 2.24) is 15.3 Å². The molecule has 4 rings (SSSR count). The summed E-state index contributed by atoms with van der Waals surface area (Å²) in [6, 6.07) is 20.6. The summed E-state index contributed by atoms with van der Waals surface area (Å²) in [4.78, 5) is 8.04. The highest BCUT2D eigenvalue weighted by Crippen LogP contribution is 2.37. The standard InChI is InChI=1S/C27H30BrN3O2/c1-3-32-25-16-20(15-22(28)27(25)33-18-21-10-5-4-9-19(21)2)17-29-14-8-13-26-30-23-11-6-7-12-24(23)31-26/h4-7,9-12,15-16,29H,3,8,13-14,17-18H2,1-2H3,(H,30,31). The lowest BCUT2D eigenvalue weighted by molar-refractivity contribution is 0.267. The van der Waals surface area contributed by atoms with Crippen LogP contribution in [0.15, 0.2) is 65.1 Å². The largest absolute Gasteiger partial charge is 0.490 e. The highest BCUT2D eigenvalue weighted by molar-refractivity contribution is 9.10. The monoisotopic (exact) mass is 507 g/mol. The predicted molar refractivity (Wildman–Crippen MR) is 137 cm³/mol. The van der Waals surface area contributed by atoms with E-state index in [-0.39, 0.29) is 0 Å². The summed E-state index contributed by atoms with van der Waals surface area (Å²) in [6.07, 6.45) is 1.93. The van der Waals surface area contributed by atoms with E-state index in [2.05, 4.69) is 68.5 Å². The second-order valence-electron chi connectivity index (χ2n) is 8.03. The Balaban J connectivity index is 1.32. The summed E-state index contributed by atoms with van der Waals surface area (Å²) in [5, 5.41) is 3.53. The smallest absolute Gasteiger partial charge is 0.175 e. The number of fused-ring (bicyclic) bond motifs is 1. The number of nitrogens with one attached hydrogen (secondary N) is 2. The Morgan fingerprint density at radius 2 is 1.85 bits per heavy atom. The summed E-state index contributed by atoms with van der Waals surface area (Å²) >= 11 is 3.68. The van der Waals surface area contributed by atoms with Gasteiger partial charge in [0.25, 0.3) is 0 Å². The van der Waals surface area contributed by atoms with Gasteiger partial charge in [0.05, 0.1) is 22.1 Å². The van der Waals surface area contributed by atoms with E-state index in [0.717, 1.165) is 64.3 Å². The first-order chi connectivity index (χ1) is 16.1. The predicted octanol–water partition coefficient (Wildman–Crippen LogP) is 6.33. The molecule has 0 unspecified atom stereocenters. The molecule has 6 heteroatoms. The van der Waals surface area contributed by atoms with Crippen molar-refractivity contribution in [3.8, 4) is 11.5 Å². The molecule has 1 heterocycles. The Labute approximate surface area is 203 Å². The van der Waals surface area contributed by atoms with Crippen LogP contribution in [0.2, 0.25) is 0 Å². The number of aromatic amines is 1. The number of rotatable bonds is 11. The van der Waals surface area contributed by atoms with Gasteiger partial charge in [0.1, 0.15) is 12.4 Å². The summed E-state index contributed by atoms with van der Waals surface area (Å²) in [7, 11) is 0. The minimum absolute atomic E-state index is 0.505. The van der Waals surface area contributed by atoms with E-state index in [1.54, 1.807) is 0 Å². The fourth-order valence-corrected chi connectivity index (χ4v) is 4.39. The number of nitrogens with zero attached hydrogens (tertiary/aromatic N) is 1. The highest BCUT2D eigenvalue weighted by Gasteiger charge is 2.13. The molecule has 0 aliphatic rings. The molecule has 2 N–H and O–H groups in total. The van der Waals surface area contributed by atoms with Crippen molar-refractivity contribution in [3.05, 3.63) is 87.7 Å². The molecule has 0 spiro atoms. The average molecular weight is 508 g/mol. The molecule has 172 valence electrons. The van der Waals surface area contributed by atoms with E-state index in [1.165, 1.54) is 11.1 Å². The third-order valence-electron chi connectivity index (χ3n) is 5.54. The Morgan fingerprint density at radius 3 is 2.67 bits per heavy atom. The molecule has 0 aliphatic heterocycles. The zero-order valence-electron chi connectivity index (χ0n) is 19.2. The number of para-hydroxylation sites is 2. The number of ether oxygens (including phenoxy) is 2. The van der Waals surface area contributed by atoms with Gasteiger partial charge in [0, 0.05) is 13.0 Å². The number of aromatic nitrogens is 2. The van der Waals surface area contributed by atoms with Crippen molar-refractivity contribution in [3.63, 3.8) is 0 Å². The van der Waals surface area contributed by atoms with Gasteiger partial charge >= 0.3 is 0 Å². The van der Waals surface area contributed by atoms with Crippen LogP contribution in [0, 0.1) is 6.92 Å². The molecule has 0 radical (unpaired) electrons. The second-order valence-corrected chi connectivity index (χ2v) is 8.89. The normalized spacial score (nSPS) is 11.1. The average Bonchev–Trinajstić information content (AvgIpc) is 3.22. The molecular weight excluding hydrogens is 478 g/mol. The van der Waals surface area contributed by atoms with Gasteiger partial charge in [0.2, 0.25) is 0 Å². The number of aryl methyl sites for hydroxylation is 2. The Hall–Kier alpha value is -2.83. The summed E-state index contributed by atoms with van der Waals surface area (Å²) < 4.78 is 13.0. The van der Waals surface area contributed by atoms with Crippen molar-refractivity contribution < 1.29 is 9.47 Å². The number of hydrogen-bond acceptors (Lipinski definition) is 4. The number of imidazole rings is 1. The second kappa shape index (κ2) is 11.3. The Bertz CT molecular complexity index is 1170. The first-order valence-corrected chi connectivity index (χ1v) is 12.2. The van der Waals surface area contributed by atoms with Crippen LogP contribution in [0.1, 0.15) is 35.9 Å². The molecule has 0 aliphatic carbocycles. The fraction of sp³-hybridized carbons (Fsp3) is 0.296. The Morgan fingerprint density at radius 1 is 1.03 bits per heavy atom. The van der Waals surface area contributed by atoms with E-state index in [0.29, 0.717) is 13.2 Å². The van der Waals surface area contributed by atoms with Gasteiger partial charge in [-0.05, 0) is 83.7 Å². The molecule has 0 saturated carbocycles. The van der Waals surface area contributed by atoms with Gasteiger partial charge in [-0.15, -0.1) is 0 Å². The maximum Gasteiger partial charge on any atom is 0.175 e. The van der Waals surface area contributed by atoms with Crippen molar-refractivity contribution in [2.24, 2.45) is 0 Å². The topological polar surface area (TPSA) is 59.2 Å². The van der Waals surface area contributed by atoms with Crippen LogP contribution in [-0.2, 0) is 19.6 Å². The molecule has 4 aromatic rings. The number of halogens is 1. The van der Waals surface area contributed by atoms with E-state index in [9.17, 15) is 0 Å². The lowest BCUT2D eigenvalue weighted by Gasteiger charge is -2.16. The molecule has 0 amide bonds. The molecule has 33 heavy (non-hydrogen) atoms. The van der Waals surface area contributed by atoms with E-state index in [4.69, 9.17) is 9.47 Å². The van der Waals surface area contributed by atoms with E-state index < -0.39 is 0 Å². The third-order valence-corrected chi connectivity index (χ3v) is 6.13. The first-order valence-electron chi connectivity index (χ1n) is 11.4. The fourth-order valence-electron chi connectivity index (χ4n) is 3.79. The van der Waals surface area contributed by atoms with Gasteiger partial charge in [-0.25, -0.2) is 4.98 Å². The minimum Gasteiger partial charge on any atom is -0.490 e. The van der Waals surface area contributed by atoms with Crippen molar-refractivity contribution in [2.75, 3.05) is 13.2 Å². The molecule has 3 aromatic carbocycles. The molecule has 0 fully saturated rings. The SMILES string of the molecule is CCOc1cc(CNCCCc2nc3ccccc3[nH]2)cc(Br)c1OCc1ccccc1C. The van der Waals surface area contributed by atoms with Gasteiger partial charge in [0.15, 0.2) is 11.5 Å². The zero-order valence-corrected chi connectivity index (χ0v) is 20.7. The minimum atomic E-state index is 0.505. The van der Waals surface area contributed by atoms with Crippen LogP contribution in [0.4, 0.5) is 0 Å². The summed E-state index contributed by atoms with van der Waals surface area (Å²) in [5.41, 5.74) is 5.66. The molecule has 5 nitrogen and oxygen atoms in total. The van der Waals surface area contributed by atoms with Crippen LogP contribution >= 0.6 is 15.9 Å². The maximum absolute atomic E-state index is 6.16. The van der Waals surface area contributed by atoms with E-state index in [1.807, 2.05) is 37.3 Å². The Kier molecular flexibility index (Phi) is 8.02. The molecule has 1 aromatic heterocycles. The van der Waals surface area contributed by atoms with Gasteiger partial charge in [-0.2, -0.15) is 0 Å². The first kappa shape index (κ1) is 23.3. The van der Waals surface area contributed by atoms with Crippen molar-refractivity contribution in [2.45, 2.75) is 39.8 Å². The number of hydrogen-bond donors (Lipinski definition) is 2. The lowest BCUT2D eigenvalue weighted by atomic mass is 10.1. The molecule has 0 atom stereocenters. The van der Waals surface area contributed by atoms with Crippen molar-refractivity contribution in [1.29, 1.82) is 0 Å². The van der Waals surface area contributed by atoms with E-state index >= 15 is 0 Å².